The number of nitrogens with zero attached hydrogens (tertiary/aromatic N) is 1. The van der Waals surface area contributed by atoms with Gasteiger partial charge in [0.25, 0.3) is 5.56 Å². The Kier molecular flexibility index (Phi) is 5.67. The van der Waals surface area contributed by atoms with Crippen molar-refractivity contribution in [2.45, 2.75) is 18.9 Å². The molecule has 1 atom stereocenters. The summed E-state index contributed by atoms with van der Waals surface area (Å²) >= 11 is 12.0. The first-order valence-corrected chi connectivity index (χ1v) is 10.1. The third-order valence-electron chi connectivity index (χ3n) is 4.92. The lowest BCUT2D eigenvalue weighted by Crippen LogP contribution is -2.42. The Balaban J connectivity index is 1.76. The molecular formula is C21H16Cl2N4O4. The van der Waals surface area contributed by atoms with Gasteiger partial charge in [0.05, 0.1) is 28.7 Å². The van der Waals surface area contributed by atoms with Crippen molar-refractivity contribution in [1.82, 2.24) is 9.55 Å². The Morgan fingerprint density at radius 1 is 1.10 bits per heavy atom. The van der Waals surface area contributed by atoms with Crippen LogP contribution in [-0.2, 0) is 16.1 Å². The first-order chi connectivity index (χ1) is 14.8. The minimum absolute atomic E-state index is 0.0104. The van der Waals surface area contributed by atoms with Gasteiger partial charge in [0.15, 0.2) is 0 Å². The molecule has 2 aromatic carbocycles. The molecule has 10 heteroatoms. The van der Waals surface area contributed by atoms with Crippen LogP contribution in [0.4, 0.5) is 11.5 Å². The number of hydrogen-bond donors (Lipinski definition) is 3. The number of aromatic amines is 1. The topological polar surface area (TPSA) is 113 Å². The maximum absolute atomic E-state index is 13.0. The third kappa shape index (κ3) is 4.26. The summed E-state index contributed by atoms with van der Waals surface area (Å²) in [6.45, 7) is 0.108. The first kappa shape index (κ1) is 20.9. The molecule has 1 aromatic heterocycles. The molecule has 1 aliphatic rings. The SMILES string of the molecule is O=C1C[C@@H](C(=O)Nc2ccc(Cl)cc2Cl)c2c(n(Cc3ccccc3)c(=O)[nH]c2=O)N1. The Morgan fingerprint density at radius 2 is 1.84 bits per heavy atom. The van der Waals surface area contributed by atoms with Crippen LogP contribution in [0.1, 0.15) is 23.5 Å². The van der Waals surface area contributed by atoms with Crippen molar-refractivity contribution in [1.29, 1.82) is 0 Å². The number of carbonyl (C=O) groups is 2. The standard InChI is InChI=1S/C21H16Cl2N4O4/c22-12-6-7-15(14(23)8-12)24-19(29)13-9-16(28)25-18-17(13)20(30)26-21(31)27(18)10-11-4-2-1-3-5-11/h1-8,13H,9-10H2,(H,24,29)(H,25,28)(H,26,30,31)/t13-/m1/s1. The van der Waals surface area contributed by atoms with Crippen LogP contribution in [0.25, 0.3) is 0 Å². The predicted molar refractivity (Wildman–Crippen MR) is 118 cm³/mol. The molecule has 3 N–H and O–H groups in total. The lowest BCUT2D eigenvalue weighted by molar-refractivity contribution is -0.123. The Hall–Kier alpha value is -3.36. The van der Waals surface area contributed by atoms with Gasteiger partial charge in [-0.15, -0.1) is 0 Å². The molecule has 0 bridgehead atoms. The maximum Gasteiger partial charge on any atom is 0.330 e. The first-order valence-electron chi connectivity index (χ1n) is 9.30. The second-order valence-electron chi connectivity index (χ2n) is 7.01. The van der Waals surface area contributed by atoms with E-state index in [1.54, 1.807) is 18.2 Å². The zero-order valence-corrected chi connectivity index (χ0v) is 17.5. The van der Waals surface area contributed by atoms with Gasteiger partial charge in [0.1, 0.15) is 5.82 Å². The average Bonchev–Trinajstić information content (AvgIpc) is 2.73. The fourth-order valence-electron chi connectivity index (χ4n) is 3.47. The molecule has 1 aliphatic heterocycles. The van der Waals surface area contributed by atoms with Crippen LogP contribution in [0.3, 0.4) is 0 Å². The van der Waals surface area contributed by atoms with Gasteiger partial charge < -0.3 is 10.6 Å². The number of amides is 2. The van der Waals surface area contributed by atoms with E-state index in [9.17, 15) is 19.2 Å². The van der Waals surface area contributed by atoms with Crippen molar-refractivity contribution < 1.29 is 9.59 Å². The molecule has 0 radical (unpaired) electrons. The fourth-order valence-corrected chi connectivity index (χ4v) is 3.92. The number of benzene rings is 2. The molecule has 0 unspecified atom stereocenters. The highest BCUT2D eigenvalue weighted by molar-refractivity contribution is 6.36. The number of halogens is 2. The van der Waals surface area contributed by atoms with E-state index in [0.717, 1.165) is 5.56 Å². The zero-order chi connectivity index (χ0) is 22.1. The molecular weight excluding hydrogens is 443 g/mol. The molecule has 158 valence electrons. The van der Waals surface area contributed by atoms with Crippen LogP contribution in [0.5, 0.6) is 0 Å². The molecule has 0 spiro atoms. The number of nitrogens with one attached hydrogen (secondary N) is 3. The number of anilines is 2. The van der Waals surface area contributed by atoms with Gasteiger partial charge in [0.2, 0.25) is 11.8 Å². The minimum atomic E-state index is -1.11. The van der Waals surface area contributed by atoms with Gasteiger partial charge >= 0.3 is 5.69 Å². The summed E-state index contributed by atoms with van der Waals surface area (Å²) in [5, 5.41) is 5.82. The van der Waals surface area contributed by atoms with Gasteiger partial charge in [-0.05, 0) is 23.8 Å². The average molecular weight is 459 g/mol. The molecule has 3 aromatic rings. The van der Waals surface area contributed by atoms with Crippen molar-refractivity contribution in [2.75, 3.05) is 10.6 Å². The second-order valence-corrected chi connectivity index (χ2v) is 7.86. The largest absolute Gasteiger partial charge is 0.330 e. The molecule has 2 heterocycles. The van der Waals surface area contributed by atoms with E-state index >= 15 is 0 Å². The lowest BCUT2D eigenvalue weighted by atomic mass is 9.92. The van der Waals surface area contributed by atoms with Crippen LogP contribution in [-0.4, -0.2) is 21.4 Å². The number of fused-ring (bicyclic) bond motifs is 1. The number of aromatic nitrogens is 2. The predicted octanol–water partition coefficient (Wildman–Crippen LogP) is 2.96. The summed E-state index contributed by atoms with van der Waals surface area (Å²) in [5.74, 6) is -2.18. The fraction of sp³-hybridized carbons (Fsp3) is 0.143. The summed E-state index contributed by atoms with van der Waals surface area (Å²) in [4.78, 5) is 52.7. The Morgan fingerprint density at radius 3 is 2.55 bits per heavy atom. The molecule has 4 rings (SSSR count). The van der Waals surface area contributed by atoms with Gasteiger partial charge in [-0.3, -0.25) is 23.9 Å². The number of H-pyrrole nitrogens is 1. The second kappa shape index (κ2) is 8.41. The summed E-state index contributed by atoms with van der Waals surface area (Å²) in [5.41, 5.74) is -0.329. The van der Waals surface area contributed by atoms with Crippen molar-refractivity contribution in [3.05, 3.63) is 90.5 Å². The highest BCUT2D eigenvalue weighted by Gasteiger charge is 2.35. The normalized spacial score (nSPS) is 15.2. The summed E-state index contributed by atoms with van der Waals surface area (Å²) < 4.78 is 1.23. The van der Waals surface area contributed by atoms with Crippen molar-refractivity contribution in [2.24, 2.45) is 0 Å². The number of rotatable bonds is 4. The van der Waals surface area contributed by atoms with Crippen LogP contribution in [0.2, 0.25) is 10.0 Å². The highest BCUT2D eigenvalue weighted by atomic mass is 35.5. The van der Waals surface area contributed by atoms with Gasteiger partial charge in [-0.2, -0.15) is 0 Å². The van der Waals surface area contributed by atoms with E-state index in [-0.39, 0.29) is 35.1 Å². The molecule has 31 heavy (non-hydrogen) atoms. The van der Waals surface area contributed by atoms with Crippen LogP contribution >= 0.6 is 23.2 Å². The van der Waals surface area contributed by atoms with E-state index < -0.39 is 29.0 Å². The van der Waals surface area contributed by atoms with Crippen molar-refractivity contribution >= 4 is 46.5 Å². The van der Waals surface area contributed by atoms with E-state index in [0.29, 0.717) is 5.02 Å². The summed E-state index contributed by atoms with van der Waals surface area (Å²) in [6.07, 6.45) is -0.253. The number of carbonyl (C=O) groups excluding carboxylic acids is 2. The van der Waals surface area contributed by atoms with E-state index in [4.69, 9.17) is 23.2 Å². The van der Waals surface area contributed by atoms with Crippen LogP contribution in [0.15, 0.2) is 58.1 Å². The summed E-state index contributed by atoms with van der Waals surface area (Å²) in [7, 11) is 0. The molecule has 2 amide bonds. The van der Waals surface area contributed by atoms with Crippen LogP contribution in [0, 0.1) is 0 Å². The highest BCUT2D eigenvalue weighted by Crippen LogP contribution is 2.32. The van der Waals surface area contributed by atoms with E-state index in [1.165, 1.54) is 16.7 Å². The minimum Gasteiger partial charge on any atom is -0.324 e. The van der Waals surface area contributed by atoms with Gasteiger partial charge in [0, 0.05) is 11.4 Å². The van der Waals surface area contributed by atoms with Gasteiger partial charge in [-0.1, -0.05) is 53.5 Å². The van der Waals surface area contributed by atoms with Gasteiger partial charge in [-0.25, -0.2) is 4.79 Å². The summed E-state index contributed by atoms with van der Waals surface area (Å²) in [6, 6.07) is 13.6. The molecule has 8 nitrogen and oxygen atoms in total. The lowest BCUT2D eigenvalue weighted by Gasteiger charge is -2.26. The zero-order valence-electron chi connectivity index (χ0n) is 15.9. The van der Waals surface area contributed by atoms with Crippen molar-refractivity contribution in [3.63, 3.8) is 0 Å². The van der Waals surface area contributed by atoms with Crippen LogP contribution < -0.4 is 21.9 Å². The molecule has 0 fully saturated rings. The van der Waals surface area contributed by atoms with E-state index in [1.807, 2.05) is 18.2 Å². The maximum atomic E-state index is 13.0. The Bertz CT molecular complexity index is 1300. The van der Waals surface area contributed by atoms with Crippen molar-refractivity contribution in [3.8, 4) is 0 Å². The molecule has 0 saturated heterocycles. The monoisotopic (exact) mass is 458 g/mol. The number of hydrogen-bond acceptors (Lipinski definition) is 4. The molecule has 0 saturated carbocycles. The molecule has 0 aliphatic carbocycles. The Labute approximate surface area is 185 Å². The smallest absolute Gasteiger partial charge is 0.324 e. The quantitative estimate of drug-likeness (QED) is 0.557. The van der Waals surface area contributed by atoms with E-state index in [2.05, 4.69) is 15.6 Å². The third-order valence-corrected chi connectivity index (χ3v) is 5.47.